The number of aliphatic imine (C=N–C) groups is 1. The standard InChI is InChI=1S/C20H34FN5/c1-6-25-9-11-26(12-10-25)16(3)14-23-20(22-5)24-17(4)18-8-7-15(2)19(21)13-18/h7-8,13,16-17H,6,9-12,14H2,1-5H3,(H2,22,23,24). The Bertz CT molecular complexity index is 596. The molecule has 2 rings (SSSR count). The fraction of sp³-hybridized carbons (Fsp3) is 0.650. The van der Waals surface area contributed by atoms with Crippen LogP contribution < -0.4 is 10.6 Å². The topological polar surface area (TPSA) is 42.9 Å². The van der Waals surface area contributed by atoms with Gasteiger partial charge >= 0.3 is 0 Å². The first-order valence-corrected chi connectivity index (χ1v) is 9.64. The van der Waals surface area contributed by atoms with E-state index in [0.717, 1.165) is 50.8 Å². The summed E-state index contributed by atoms with van der Waals surface area (Å²) in [5.41, 5.74) is 1.58. The Balaban J connectivity index is 1.82. The second kappa shape index (κ2) is 9.88. The summed E-state index contributed by atoms with van der Waals surface area (Å²) in [5.74, 6) is 0.580. The molecule has 0 bridgehead atoms. The van der Waals surface area contributed by atoms with Gasteiger partial charge in [-0.25, -0.2) is 4.39 Å². The lowest BCUT2D eigenvalue weighted by atomic mass is 10.1. The Morgan fingerprint density at radius 2 is 1.92 bits per heavy atom. The number of likely N-dealkylation sites (N-methyl/N-ethyl adjacent to an activating group) is 1. The van der Waals surface area contributed by atoms with Crippen LogP contribution in [-0.2, 0) is 0 Å². The van der Waals surface area contributed by atoms with Crippen molar-refractivity contribution in [3.05, 3.63) is 35.1 Å². The summed E-state index contributed by atoms with van der Waals surface area (Å²) >= 11 is 0. The van der Waals surface area contributed by atoms with Crippen molar-refractivity contribution in [2.45, 2.75) is 39.8 Å². The largest absolute Gasteiger partial charge is 0.355 e. The molecule has 0 aliphatic carbocycles. The van der Waals surface area contributed by atoms with Crippen LogP contribution in [0.5, 0.6) is 0 Å². The van der Waals surface area contributed by atoms with Gasteiger partial charge in [-0.15, -0.1) is 0 Å². The van der Waals surface area contributed by atoms with E-state index < -0.39 is 0 Å². The predicted molar refractivity (Wildman–Crippen MR) is 107 cm³/mol. The summed E-state index contributed by atoms with van der Waals surface area (Å²) in [4.78, 5) is 9.31. The van der Waals surface area contributed by atoms with Crippen LogP contribution in [0.15, 0.2) is 23.2 Å². The molecule has 1 fully saturated rings. The highest BCUT2D eigenvalue weighted by Gasteiger charge is 2.20. The van der Waals surface area contributed by atoms with E-state index in [1.807, 2.05) is 19.1 Å². The average Bonchev–Trinajstić information content (AvgIpc) is 2.66. The molecule has 1 aromatic carbocycles. The van der Waals surface area contributed by atoms with Gasteiger partial charge in [0.2, 0.25) is 0 Å². The Kier molecular flexibility index (Phi) is 7.85. The molecule has 6 heteroatoms. The molecule has 1 heterocycles. The normalized spacial score (nSPS) is 19.2. The predicted octanol–water partition coefficient (Wildman–Crippen LogP) is 2.39. The van der Waals surface area contributed by atoms with Gasteiger partial charge in [-0.2, -0.15) is 0 Å². The number of guanidine groups is 1. The Morgan fingerprint density at radius 3 is 2.50 bits per heavy atom. The van der Waals surface area contributed by atoms with Crippen molar-refractivity contribution in [3.63, 3.8) is 0 Å². The van der Waals surface area contributed by atoms with Crippen LogP contribution in [0.2, 0.25) is 0 Å². The number of hydrogen-bond donors (Lipinski definition) is 2. The van der Waals surface area contributed by atoms with Crippen molar-refractivity contribution in [1.29, 1.82) is 0 Å². The molecule has 2 unspecified atom stereocenters. The molecule has 2 atom stereocenters. The lowest BCUT2D eigenvalue weighted by molar-refractivity contribution is 0.107. The van der Waals surface area contributed by atoms with E-state index >= 15 is 0 Å². The molecule has 0 radical (unpaired) electrons. The zero-order chi connectivity index (χ0) is 19.1. The van der Waals surface area contributed by atoms with E-state index in [2.05, 4.69) is 39.3 Å². The van der Waals surface area contributed by atoms with Crippen LogP contribution in [-0.4, -0.2) is 68.1 Å². The van der Waals surface area contributed by atoms with Crippen molar-refractivity contribution >= 4 is 5.96 Å². The van der Waals surface area contributed by atoms with Crippen molar-refractivity contribution in [1.82, 2.24) is 20.4 Å². The van der Waals surface area contributed by atoms with Crippen molar-refractivity contribution in [2.75, 3.05) is 46.3 Å². The fourth-order valence-electron chi connectivity index (χ4n) is 3.26. The minimum atomic E-state index is -0.168. The Labute approximate surface area is 157 Å². The van der Waals surface area contributed by atoms with E-state index in [1.54, 1.807) is 20.0 Å². The number of nitrogens with one attached hydrogen (secondary N) is 2. The van der Waals surface area contributed by atoms with Crippen LogP contribution in [0.4, 0.5) is 4.39 Å². The van der Waals surface area contributed by atoms with Gasteiger partial charge in [-0.1, -0.05) is 19.1 Å². The maximum Gasteiger partial charge on any atom is 0.191 e. The molecule has 1 aliphatic rings. The van der Waals surface area contributed by atoms with Crippen LogP contribution in [0.25, 0.3) is 0 Å². The molecule has 1 saturated heterocycles. The van der Waals surface area contributed by atoms with Crippen LogP contribution >= 0.6 is 0 Å². The minimum Gasteiger partial charge on any atom is -0.355 e. The number of rotatable bonds is 6. The van der Waals surface area contributed by atoms with Gasteiger partial charge in [0.05, 0.1) is 6.04 Å². The number of nitrogens with zero attached hydrogens (tertiary/aromatic N) is 3. The first kappa shape index (κ1) is 20.6. The molecule has 0 saturated carbocycles. The molecule has 0 spiro atoms. The maximum absolute atomic E-state index is 13.8. The van der Waals surface area contributed by atoms with Crippen molar-refractivity contribution < 1.29 is 4.39 Å². The van der Waals surface area contributed by atoms with Crippen LogP contribution in [0, 0.1) is 12.7 Å². The van der Waals surface area contributed by atoms with E-state index in [-0.39, 0.29) is 11.9 Å². The van der Waals surface area contributed by atoms with Crippen LogP contribution in [0.1, 0.15) is 37.9 Å². The van der Waals surface area contributed by atoms with Gasteiger partial charge in [-0.05, 0) is 44.5 Å². The second-order valence-corrected chi connectivity index (χ2v) is 7.15. The number of benzene rings is 1. The quantitative estimate of drug-likeness (QED) is 0.602. The third kappa shape index (κ3) is 5.68. The second-order valence-electron chi connectivity index (χ2n) is 7.15. The smallest absolute Gasteiger partial charge is 0.191 e. The highest BCUT2D eigenvalue weighted by atomic mass is 19.1. The van der Waals surface area contributed by atoms with Crippen molar-refractivity contribution in [3.8, 4) is 0 Å². The number of halogens is 1. The average molecular weight is 364 g/mol. The lowest BCUT2D eigenvalue weighted by Crippen LogP contribution is -2.53. The van der Waals surface area contributed by atoms with Gasteiger partial charge < -0.3 is 15.5 Å². The SMILES string of the molecule is CCN1CCN(C(C)CNC(=NC)NC(C)c2ccc(C)c(F)c2)CC1. The molecule has 0 amide bonds. The molecule has 1 aliphatic heterocycles. The molecule has 146 valence electrons. The Morgan fingerprint density at radius 1 is 1.23 bits per heavy atom. The van der Waals surface area contributed by atoms with E-state index in [9.17, 15) is 4.39 Å². The lowest BCUT2D eigenvalue weighted by Gasteiger charge is -2.37. The third-order valence-corrected chi connectivity index (χ3v) is 5.32. The molecule has 26 heavy (non-hydrogen) atoms. The number of aryl methyl sites for hydroxylation is 1. The number of hydrogen-bond acceptors (Lipinski definition) is 3. The van der Waals surface area contributed by atoms with Gasteiger partial charge in [0, 0.05) is 45.8 Å². The summed E-state index contributed by atoms with van der Waals surface area (Å²) in [6.07, 6.45) is 0. The summed E-state index contributed by atoms with van der Waals surface area (Å²) in [6, 6.07) is 5.80. The Hall–Kier alpha value is -1.66. The molecular formula is C20H34FN5. The third-order valence-electron chi connectivity index (χ3n) is 5.32. The van der Waals surface area contributed by atoms with E-state index in [0.29, 0.717) is 11.6 Å². The summed E-state index contributed by atoms with van der Waals surface area (Å²) in [6.45, 7) is 14.7. The first-order chi connectivity index (χ1) is 12.4. The minimum absolute atomic E-state index is 0.0142. The van der Waals surface area contributed by atoms with E-state index in [4.69, 9.17) is 0 Å². The van der Waals surface area contributed by atoms with Gasteiger partial charge in [0.15, 0.2) is 5.96 Å². The van der Waals surface area contributed by atoms with Gasteiger partial charge in [0.1, 0.15) is 5.82 Å². The number of piperazine rings is 1. The molecule has 0 aromatic heterocycles. The van der Waals surface area contributed by atoms with Gasteiger partial charge in [-0.3, -0.25) is 9.89 Å². The molecule has 1 aromatic rings. The highest BCUT2D eigenvalue weighted by molar-refractivity contribution is 5.80. The molecule has 2 N–H and O–H groups in total. The van der Waals surface area contributed by atoms with Crippen molar-refractivity contribution in [2.24, 2.45) is 4.99 Å². The highest BCUT2D eigenvalue weighted by Crippen LogP contribution is 2.16. The maximum atomic E-state index is 13.8. The first-order valence-electron chi connectivity index (χ1n) is 9.64. The zero-order valence-electron chi connectivity index (χ0n) is 16.8. The summed E-state index contributed by atoms with van der Waals surface area (Å²) in [7, 11) is 1.77. The van der Waals surface area contributed by atoms with Gasteiger partial charge in [0.25, 0.3) is 0 Å². The molecule has 5 nitrogen and oxygen atoms in total. The monoisotopic (exact) mass is 363 g/mol. The zero-order valence-corrected chi connectivity index (χ0v) is 16.8. The van der Waals surface area contributed by atoms with E-state index in [1.165, 1.54) is 0 Å². The summed E-state index contributed by atoms with van der Waals surface area (Å²) in [5, 5.41) is 6.76. The summed E-state index contributed by atoms with van der Waals surface area (Å²) < 4.78 is 13.8. The molecular weight excluding hydrogens is 329 g/mol. The fourth-order valence-corrected chi connectivity index (χ4v) is 3.26. The van der Waals surface area contributed by atoms with Crippen LogP contribution in [0.3, 0.4) is 0 Å².